The lowest BCUT2D eigenvalue weighted by atomic mass is 10.2. The van der Waals surface area contributed by atoms with Crippen LogP contribution >= 0.6 is 0 Å². The van der Waals surface area contributed by atoms with E-state index in [1.165, 1.54) is 0 Å². The third kappa shape index (κ3) is 2.23. The number of aromatic nitrogens is 2. The van der Waals surface area contributed by atoms with Gasteiger partial charge in [-0.25, -0.2) is 0 Å². The van der Waals surface area contributed by atoms with Gasteiger partial charge in [0, 0.05) is 18.0 Å². The average molecular weight is 245 g/mol. The van der Waals surface area contributed by atoms with E-state index in [9.17, 15) is 4.79 Å². The largest absolute Gasteiger partial charge is 0.348 e. The molecule has 2 rings (SSSR count). The molecule has 0 bridgehead atoms. The molecule has 1 aromatic heterocycles. The quantitative estimate of drug-likeness (QED) is 0.900. The van der Waals surface area contributed by atoms with E-state index >= 15 is 0 Å². The van der Waals surface area contributed by atoms with Crippen molar-refractivity contribution < 1.29 is 4.79 Å². The minimum absolute atomic E-state index is 0.0900. The smallest absolute Gasteiger partial charge is 0.272 e. The Kier molecular flexibility index (Phi) is 3.65. The molecule has 0 saturated carbocycles. The number of nitrogens with one attached hydrogen (secondary N) is 1. The molecule has 96 valence electrons. The standard InChI is InChI=1S/C14H19N3O/c1-4-10(3)15-14(18)13-11-8-6-7-9-12(11)17(5-2)16-13/h6-10H,4-5H2,1-3H3,(H,15,18). The van der Waals surface area contributed by atoms with E-state index in [0.29, 0.717) is 5.69 Å². The maximum absolute atomic E-state index is 12.2. The SMILES string of the molecule is CCC(C)NC(=O)c1nn(CC)c2ccccc12. The van der Waals surface area contributed by atoms with Crippen molar-refractivity contribution >= 4 is 16.8 Å². The molecule has 0 aliphatic carbocycles. The number of para-hydroxylation sites is 1. The zero-order chi connectivity index (χ0) is 13.1. The zero-order valence-electron chi connectivity index (χ0n) is 11.1. The number of carbonyl (C=O) groups excluding carboxylic acids is 1. The first kappa shape index (κ1) is 12.6. The highest BCUT2D eigenvalue weighted by molar-refractivity contribution is 6.04. The topological polar surface area (TPSA) is 46.9 Å². The van der Waals surface area contributed by atoms with Crippen molar-refractivity contribution in [2.45, 2.75) is 39.8 Å². The number of carbonyl (C=O) groups is 1. The van der Waals surface area contributed by atoms with Gasteiger partial charge in [-0.1, -0.05) is 25.1 Å². The maximum atomic E-state index is 12.2. The molecule has 1 amide bonds. The normalized spacial score (nSPS) is 12.6. The molecule has 4 nitrogen and oxygen atoms in total. The first-order valence-corrected chi connectivity index (χ1v) is 6.43. The summed E-state index contributed by atoms with van der Waals surface area (Å²) in [7, 11) is 0. The molecule has 2 aromatic rings. The molecule has 4 heteroatoms. The lowest BCUT2D eigenvalue weighted by Crippen LogP contribution is -2.32. The molecule has 1 N–H and O–H groups in total. The molecule has 1 unspecified atom stereocenters. The van der Waals surface area contributed by atoms with E-state index in [1.807, 2.05) is 49.7 Å². The molecule has 0 aliphatic heterocycles. The van der Waals surface area contributed by atoms with Crippen LogP contribution in [0.2, 0.25) is 0 Å². The van der Waals surface area contributed by atoms with Crippen molar-refractivity contribution in [2.75, 3.05) is 0 Å². The Morgan fingerprint density at radius 2 is 2.11 bits per heavy atom. The van der Waals surface area contributed by atoms with Crippen LogP contribution in [0.15, 0.2) is 24.3 Å². The van der Waals surface area contributed by atoms with Crippen LogP contribution in [0.4, 0.5) is 0 Å². The Labute approximate surface area is 107 Å². The second-order valence-electron chi connectivity index (χ2n) is 4.46. The number of nitrogens with zero attached hydrogens (tertiary/aromatic N) is 2. The first-order valence-electron chi connectivity index (χ1n) is 6.43. The van der Waals surface area contributed by atoms with Crippen molar-refractivity contribution in [1.82, 2.24) is 15.1 Å². The molecule has 0 aliphatic rings. The van der Waals surface area contributed by atoms with Gasteiger partial charge in [0.1, 0.15) is 0 Å². The first-order chi connectivity index (χ1) is 8.67. The predicted molar refractivity (Wildman–Crippen MR) is 72.6 cm³/mol. The van der Waals surface area contributed by atoms with Gasteiger partial charge in [0.15, 0.2) is 5.69 Å². The van der Waals surface area contributed by atoms with E-state index in [0.717, 1.165) is 23.9 Å². The fraction of sp³-hybridized carbons (Fsp3) is 0.429. The van der Waals surface area contributed by atoms with Crippen molar-refractivity contribution in [2.24, 2.45) is 0 Å². The summed E-state index contributed by atoms with van der Waals surface area (Å²) in [6.07, 6.45) is 0.915. The van der Waals surface area contributed by atoms with E-state index in [1.54, 1.807) is 0 Å². The summed E-state index contributed by atoms with van der Waals surface area (Å²) >= 11 is 0. The second kappa shape index (κ2) is 5.21. The second-order valence-corrected chi connectivity index (χ2v) is 4.46. The average Bonchev–Trinajstić information content (AvgIpc) is 2.77. The summed E-state index contributed by atoms with van der Waals surface area (Å²) in [6, 6.07) is 8.01. The minimum atomic E-state index is -0.0900. The summed E-state index contributed by atoms with van der Waals surface area (Å²) in [5.41, 5.74) is 1.53. The molecule has 0 saturated heterocycles. The van der Waals surface area contributed by atoms with Crippen LogP contribution in [0.1, 0.15) is 37.7 Å². The van der Waals surface area contributed by atoms with Gasteiger partial charge >= 0.3 is 0 Å². The molecule has 0 radical (unpaired) electrons. The molecular weight excluding hydrogens is 226 g/mol. The van der Waals surface area contributed by atoms with Gasteiger partial charge in [-0.2, -0.15) is 5.10 Å². The number of aryl methyl sites for hydroxylation is 1. The van der Waals surface area contributed by atoms with Crippen molar-refractivity contribution in [1.29, 1.82) is 0 Å². The number of benzene rings is 1. The lowest BCUT2D eigenvalue weighted by molar-refractivity contribution is 0.0935. The summed E-state index contributed by atoms with van der Waals surface area (Å²) in [4.78, 5) is 12.2. The van der Waals surface area contributed by atoms with Gasteiger partial charge in [-0.3, -0.25) is 9.48 Å². The summed E-state index contributed by atoms with van der Waals surface area (Å²) in [5, 5.41) is 8.28. The molecule has 18 heavy (non-hydrogen) atoms. The van der Waals surface area contributed by atoms with Gasteiger partial charge in [-0.05, 0) is 26.3 Å². The summed E-state index contributed by atoms with van der Waals surface area (Å²) in [6.45, 7) is 6.83. The monoisotopic (exact) mass is 245 g/mol. The third-order valence-corrected chi connectivity index (χ3v) is 3.16. The molecular formula is C14H19N3O. The Balaban J connectivity index is 2.41. The van der Waals surface area contributed by atoms with Gasteiger partial charge in [-0.15, -0.1) is 0 Å². The van der Waals surface area contributed by atoms with Crippen molar-refractivity contribution in [3.63, 3.8) is 0 Å². The number of hydrogen-bond donors (Lipinski definition) is 1. The number of amides is 1. The maximum Gasteiger partial charge on any atom is 0.272 e. The fourth-order valence-corrected chi connectivity index (χ4v) is 1.93. The highest BCUT2D eigenvalue weighted by atomic mass is 16.2. The van der Waals surface area contributed by atoms with Crippen LogP contribution in [0.25, 0.3) is 10.9 Å². The van der Waals surface area contributed by atoms with Crippen LogP contribution in [0.5, 0.6) is 0 Å². The number of rotatable bonds is 4. The van der Waals surface area contributed by atoms with Crippen molar-refractivity contribution in [3.05, 3.63) is 30.0 Å². The summed E-state index contributed by atoms with van der Waals surface area (Å²) < 4.78 is 1.86. The molecule has 0 spiro atoms. The van der Waals surface area contributed by atoms with Gasteiger partial charge < -0.3 is 5.32 Å². The minimum Gasteiger partial charge on any atom is -0.348 e. The van der Waals surface area contributed by atoms with Crippen LogP contribution in [-0.2, 0) is 6.54 Å². The molecule has 0 fully saturated rings. The van der Waals surface area contributed by atoms with E-state index in [2.05, 4.69) is 10.4 Å². The Bertz CT molecular complexity index is 559. The predicted octanol–water partition coefficient (Wildman–Crippen LogP) is 2.58. The van der Waals surface area contributed by atoms with E-state index < -0.39 is 0 Å². The Morgan fingerprint density at radius 1 is 1.39 bits per heavy atom. The molecule has 1 heterocycles. The van der Waals surface area contributed by atoms with Gasteiger partial charge in [0.25, 0.3) is 5.91 Å². The summed E-state index contributed by atoms with van der Waals surface area (Å²) in [5.74, 6) is -0.0900. The van der Waals surface area contributed by atoms with Crippen LogP contribution in [0, 0.1) is 0 Å². The van der Waals surface area contributed by atoms with Gasteiger partial charge in [0.2, 0.25) is 0 Å². The highest BCUT2D eigenvalue weighted by Gasteiger charge is 2.17. The van der Waals surface area contributed by atoms with Crippen molar-refractivity contribution in [3.8, 4) is 0 Å². The van der Waals surface area contributed by atoms with E-state index in [4.69, 9.17) is 0 Å². The van der Waals surface area contributed by atoms with E-state index in [-0.39, 0.29) is 11.9 Å². The highest BCUT2D eigenvalue weighted by Crippen LogP contribution is 2.18. The molecule has 1 aromatic carbocycles. The zero-order valence-corrected chi connectivity index (χ0v) is 11.1. The van der Waals surface area contributed by atoms with Gasteiger partial charge in [0.05, 0.1) is 5.52 Å². The third-order valence-electron chi connectivity index (χ3n) is 3.16. The lowest BCUT2D eigenvalue weighted by Gasteiger charge is -2.09. The van der Waals surface area contributed by atoms with Crippen LogP contribution in [0.3, 0.4) is 0 Å². The Hall–Kier alpha value is -1.84. The molecule has 1 atom stereocenters. The Morgan fingerprint density at radius 3 is 2.78 bits per heavy atom. The van der Waals surface area contributed by atoms with Crippen LogP contribution < -0.4 is 5.32 Å². The fourth-order valence-electron chi connectivity index (χ4n) is 1.93. The van der Waals surface area contributed by atoms with Crippen LogP contribution in [-0.4, -0.2) is 21.7 Å². The number of hydrogen-bond acceptors (Lipinski definition) is 2. The number of fused-ring (bicyclic) bond motifs is 1.